The van der Waals surface area contributed by atoms with Crippen molar-refractivity contribution in [3.05, 3.63) is 35.2 Å². The molecule has 20 heavy (non-hydrogen) atoms. The number of carbonyl (C=O) groups excluding carboxylic acids is 1. The van der Waals surface area contributed by atoms with Crippen LogP contribution in [0.2, 0.25) is 0 Å². The summed E-state index contributed by atoms with van der Waals surface area (Å²) in [5, 5.41) is 13.2. The molecule has 108 valence electrons. The van der Waals surface area contributed by atoms with Crippen LogP contribution < -0.4 is 5.32 Å². The topological polar surface area (TPSA) is 49.3 Å². The molecule has 1 aromatic carbocycles. The minimum Gasteiger partial charge on any atom is -0.396 e. The Balaban J connectivity index is 1.86. The zero-order chi connectivity index (χ0) is 14.6. The Kier molecular flexibility index (Phi) is 4.78. The van der Waals surface area contributed by atoms with E-state index in [1.807, 2.05) is 44.2 Å². The van der Waals surface area contributed by atoms with Gasteiger partial charge in [0.25, 0.3) is 5.91 Å². The SMILES string of the molecule is CC(C)(CO)CCCNC(=O)c1cc2ccccc2s1. The van der Waals surface area contributed by atoms with E-state index >= 15 is 0 Å². The molecule has 4 heteroatoms. The molecule has 0 saturated heterocycles. The number of thiophene rings is 1. The summed E-state index contributed by atoms with van der Waals surface area (Å²) in [5.41, 5.74) is -0.0671. The first-order valence-corrected chi connectivity index (χ1v) is 7.71. The van der Waals surface area contributed by atoms with Crippen LogP contribution in [0.15, 0.2) is 30.3 Å². The van der Waals surface area contributed by atoms with Crippen LogP contribution in [0.1, 0.15) is 36.4 Å². The number of amides is 1. The van der Waals surface area contributed by atoms with Gasteiger partial charge in [0.1, 0.15) is 0 Å². The van der Waals surface area contributed by atoms with Crippen LogP contribution in [0.5, 0.6) is 0 Å². The molecule has 1 heterocycles. The van der Waals surface area contributed by atoms with Gasteiger partial charge in [-0.15, -0.1) is 11.3 Å². The van der Waals surface area contributed by atoms with Gasteiger partial charge in [0.05, 0.1) is 4.88 Å². The predicted octanol–water partition coefficient (Wildman–Crippen LogP) is 3.43. The normalized spacial score (nSPS) is 11.8. The third-order valence-corrected chi connectivity index (χ3v) is 4.51. The second kappa shape index (κ2) is 6.37. The lowest BCUT2D eigenvalue weighted by atomic mass is 9.89. The maximum atomic E-state index is 12.1. The maximum Gasteiger partial charge on any atom is 0.261 e. The van der Waals surface area contributed by atoms with Gasteiger partial charge in [-0.05, 0) is 35.8 Å². The van der Waals surface area contributed by atoms with Crippen molar-refractivity contribution in [2.45, 2.75) is 26.7 Å². The van der Waals surface area contributed by atoms with Crippen molar-refractivity contribution in [2.75, 3.05) is 13.2 Å². The van der Waals surface area contributed by atoms with Gasteiger partial charge in [0.15, 0.2) is 0 Å². The highest BCUT2D eigenvalue weighted by atomic mass is 32.1. The molecule has 0 saturated carbocycles. The van der Waals surface area contributed by atoms with Crippen molar-refractivity contribution < 1.29 is 9.90 Å². The van der Waals surface area contributed by atoms with Gasteiger partial charge in [-0.3, -0.25) is 4.79 Å². The van der Waals surface area contributed by atoms with Gasteiger partial charge < -0.3 is 10.4 Å². The van der Waals surface area contributed by atoms with Crippen LogP contribution in [-0.2, 0) is 0 Å². The molecule has 0 bridgehead atoms. The molecule has 0 spiro atoms. The average molecular weight is 291 g/mol. The molecule has 3 nitrogen and oxygen atoms in total. The minimum atomic E-state index is -0.0671. The summed E-state index contributed by atoms with van der Waals surface area (Å²) in [7, 11) is 0. The van der Waals surface area contributed by atoms with Gasteiger partial charge >= 0.3 is 0 Å². The van der Waals surface area contributed by atoms with Crippen molar-refractivity contribution >= 4 is 27.3 Å². The standard InChI is InChI=1S/C16H21NO2S/c1-16(2,11-18)8-5-9-17-15(19)14-10-12-6-3-4-7-13(12)20-14/h3-4,6-7,10,18H,5,8-9,11H2,1-2H3,(H,17,19). The van der Waals surface area contributed by atoms with Crippen molar-refractivity contribution in [2.24, 2.45) is 5.41 Å². The van der Waals surface area contributed by atoms with E-state index in [0.29, 0.717) is 6.54 Å². The average Bonchev–Trinajstić information content (AvgIpc) is 2.87. The van der Waals surface area contributed by atoms with E-state index in [1.54, 1.807) is 0 Å². The first kappa shape index (κ1) is 15.0. The van der Waals surface area contributed by atoms with Crippen molar-refractivity contribution in [3.8, 4) is 0 Å². The molecule has 1 amide bonds. The first-order valence-electron chi connectivity index (χ1n) is 6.89. The molecule has 0 aliphatic carbocycles. The zero-order valence-corrected chi connectivity index (χ0v) is 12.8. The summed E-state index contributed by atoms with van der Waals surface area (Å²) in [5.74, 6) is -0.00648. The van der Waals surface area contributed by atoms with E-state index in [1.165, 1.54) is 11.3 Å². The van der Waals surface area contributed by atoms with Gasteiger partial charge in [-0.1, -0.05) is 32.0 Å². The highest BCUT2D eigenvalue weighted by molar-refractivity contribution is 7.20. The summed E-state index contributed by atoms with van der Waals surface area (Å²) in [6.45, 7) is 4.88. The fourth-order valence-electron chi connectivity index (χ4n) is 2.03. The number of aliphatic hydroxyl groups excluding tert-OH is 1. The number of rotatable bonds is 6. The molecule has 0 unspecified atom stereocenters. The number of benzene rings is 1. The summed E-state index contributed by atoms with van der Waals surface area (Å²) < 4.78 is 1.14. The summed E-state index contributed by atoms with van der Waals surface area (Å²) in [6.07, 6.45) is 1.78. The summed E-state index contributed by atoms with van der Waals surface area (Å²) >= 11 is 1.52. The van der Waals surface area contributed by atoms with Gasteiger partial charge in [-0.25, -0.2) is 0 Å². The lowest BCUT2D eigenvalue weighted by molar-refractivity contribution is 0.0952. The largest absolute Gasteiger partial charge is 0.396 e. The smallest absolute Gasteiger partial charge is 0.261 e. The highest BCUT2D eigenvalue weighted by Gasteiger charge is 2.16. The second-order valence-electron chi connectivity index (χ2n) is 5.83. The number of aliphatic hydroxyl groups is 1. The van der Waals surface area contributed by atoms with Gasteiger partial charge in [0, 0.05) is 17.9 Å². The second-order valence-corrected chi connectivity index (χ2v) is 6.91. The van der Waals surface area contributed by atoms with E-state index in [4.69, 9.17) is 0 Å². The van der Waals surface area contributed by atoms with Crippen molar-refractivity contribution in [3.63, 3.8) is 0 Å². The quantitative estimate of drug-likeness (QED) is 0.801. The zero-order valence-electron chi connectivity index (χ0n) is 12.0. The van der Waals surface area contributed by atoms with E-state index in [-0.39, 0.29) is 17.9 Å². The Bertz CT molecular complexity index is 556. The molecule has 0 atom stereocenters. The number of nitrogens with one attached hydrogen (secondary N) is 1. The first-order chi connectivity index (χ1) is 9.52. The fraction of sp³-hybridized carbons (Fsp3) is 0.438. The Morgan fingerprint density at radius 3 is 2.80 bits per heavy atom. The molecule has 2 aromatic rings. The summed E-state index contributed by atoms with van der Waals surface area (Å²) in [6, 6.07) is 9.95. The Morgan fingerprint density at radius 1 is 1.35 bits per heavy atom. The van der Waals surface area contributed by atoms with Crippen LogP contribution in [0.4, 0.5) is 0 Å². The number of carbonyl (C=O) groups is 1. The van der Waals surface area contributed by atoms with E-state index in [2.05, 4.69) is 5.32 Å². The molecule has 0 aliphatic rings. The van der Waals surface area contributed by atoms with Crippen LogP contribution in [0.3, 0.4) is 0 Å². The number of hydrogen-bond acceptors (Lipinski definition) is 3. The lowest BCUT2D eigenvalue weighted by Crippen LogP contribution is -2.25. The Hall–Kier alpha value is -1.39. The van der Waals surface area contributed by atoms with Crippen molar-refractivity contribution in [1.29, 1.82) is 0 Å². The number of fused-ring (bicyclic) bond motifs is 1. The Labute approximate surface area is 123 Å². The number of hydrogen-bond donors (Lipinski definition) is 2. The molecule has 0 aliphatic heterocycles. The molecule has 0 fully saturated rings. The highest BCUT2D eigenvalue weighted by Crippen LogP contribution is 2.25. The third-order valence-electron chi connectivity index (χ3n) is 3.39. The minimum absolute atomic E-state index is 0.00648. The molecule has 2 N–H and O–H groups in total. The van der Waals surface area contributed by atoms with Crippen LogP contribution >= 0.6 is 11.3 Å². The van der Waals surface area contributed by atoms with E-state index in [0.717, 1.165) is 27.8 Å². The van der Waals surface area contributed by atoms with E-state index in [9.17, 15) is 9.90 Å². The predicted molar refractivity (Wildman–Crippen MR) is 84.3 cm³/mol. The van der Waals surface area contributed by atoms with Crippen molar-refractivity contribution in [1.82, 2.24) is 5.32 Å². The molecule has 1 aromatic heterocycles. The van der Waals surface area contributed by atoms with Crippen LogP contribution in [0.25, 0.3) is 10.1 Å². The Morgan fingerprint density at radius 2 is 2.10 bits per heavy atom. The van der Waals surface area contributed by atoms with Gasteiger partial charge in [-0.2, -0.15) is 0 Å². The third kappa shape index (κ3) is 3.81. The van der Waals surface area contributed by atoms with Crippen LogP contribution in [-0.4, -0.2) is 24.2 Å². The molecular formula is C16H21NO2S. The monoisotopic (exact) mass is 291 g/mol. The molecular weight excluding hydrogens is 270 g/mol. The summed E-state index contributed by atoms with van der Waals surface area (Å²) in [4.78, 5) is 12.8. The fourth-order valence-corrected chi connectivity index (χ4v) is 3.01. The van der Waals surface area contributed by atoms with Crippen LogP contribution in [0, 0.1) is 5.41 Å². The van der Waals surface area contributed by atoms with Gasteiger partial charge in [0.2, 0.25) is 0 Å². The van der Waals surface area contributed by atoms with E-state index < -0.39 is 0 Å². The lowest BCUT2D eigenvalue weighted by Gasteiger charge is -2.21. The maximum absolute atomic E-state index is 12.1. The molecule has 2 rings (SSSR count). The molecule has 0 radical (unpaired) electrons.